The minimum atomic E-state index is -0.345. The number of hydrogen-bond acceptors (Lipinski definition) is 3. The van der Waals surface area contributed by atoms with Crippen LogP contribution in [0.3, 0.4) is 0 Å². The molecule has 3 nitrogen and oxygen atoms in total. The summed E-state index contributed by atoms with van der Waals surface area (Å²) in [6, 6.07) is 2.31. The minimum absolute atomic E-state index is 0.345. The zero-order valence-electron chi connectivity index (χ0n) is 8.64. The zero-order valence-corrected chi connectivity index (χ0v) is 8.64. The molecular weight excluding hydrogens is 162 g/mol. The van der Waals surface area contributed by atoms with E-state index in [0.717, 1.165) is 13.0 Å². The quantitative estimate of drug-likeness (QED) is 0.702. The molecule has 1 unspecified atom stereocenters. The fraction of sp³-hybridized carbons (Fsp3) is 0.900. The van der Waals surface area contributed by atoms with Gasteiger partial charge in [-0.3, -0.25) is 0 Å². The number of hydrogen-bond donors (Lipinski definition) is 1. The Morgan fingerprint density at radius 1 is 1.46 bits per heavy atom. The SMILES string of the molecule is CNC(C)(C#N)CCN1CCCC1. The molecule has 0 aromatic rings. The first-order chi connectivity index (χ1) is 6.20. The lowest BCUT2D eigenvalue weighted by atomic mass is 10.0. The van der Waals surface area contributed by atoms with E-state index in [1.54, 1.807) is 0 Å². The van der Waals surface area contributed by atoms with Gasteiger partial charge in [0, 0.05) is 6.54 Å². The van der Waals surface area contributed by atoms with Crippen LogP contribution in [-0.4, -0.2) is 37.1 Å². The summed E-state index contributed by atoms with van der Waals surface area (Å²) in [5.74, 6) is 0. The lowest BCUT2D eigenvalue weighted by Gasteiger charge is -2.24. The van der Waals surface area contributed by atoms with Gasteiger partial charge in [-0.15, -0.1) is 0 Å². The molecule has 74 valence electrons. The van der Waals surface area contributed by atoms with Crippen molar-refractivity contribution in [2.24, 2.45) is 0 Å². The van der Waals surface area contributed by atoms with E-state index >= 15 is 0 Å². The average Bonchev–Trinajstić information content (AvgIpc) is 2.67. The smallest absolute Gasteiger partial charge is 0.104 e. The Bertz CT molecular complexity index is 191. The molecule has 1 N–H and O–H groups in total. The highest BCUT2D eigenvalue weighted by molar-refractivity contribution is 5.03. The molecule has 0 amide bonds. The molecule has 1 fully saturated rings. The fourth-order valence-electron chi connectivity index (χ4n) is 1.62. The maximum absolute atomic E-state index is 8.93. The maximum Gasteiger partial charge on any atom is 0.104 e. The normalized spacial score (nSPS) is 22.5. The van der Waals surface area contributed by atoms with Crippen molar-refractivity contribution in [1.29, 1.82) is 5.26 Å². The van der Waals surface area contributed by atoms with Crippen LogP contribution in [0.2, 0.25) is 0 Å². The summed E-state index contributed by atoms with van der Waals surface area (Å²) in [4.78, 5) is 2.44. The Hall–Kier alpha value is -0.590. The van der Waals surface area contributed by atoms with Crippen molar-refractivity contribution < 1.29 is 0 Å². The van der Waals surface area contributed by atoms with Crippen LogP contribution in [0.5, 0.6) is 0 Å². The largest absolute Gasteiger partial charge is 0.303 e. The predicted octanol–water partition coefficient (Wildman–Crippen LogP) is 0.974. The molecule has 0 aromatic heterocycles. The molecule has 0 spiro atoms. The molecule has 1 atom stereocenters. The lowest BCUT2D eigenvalue weighted by molar-refractivity contribution is 0.296. The Balaban J connectivity index is 2.27. The van der Waals surface area contributed by atoms with E-state index in [2.05, 4.69) is 16.3 Å². The summed E-state index contributed by atoms with van der Waals surface area (Å²) in [7, 11) is 1.85. The van der Waals surface area contributed by atoms with Gasteiger partial charge in [0.1, 0.15) is 5.54 Å². The standard InChI is InChI=1S/C10H19N3/c1-10(9-11,12-2)5-8-13-6-3-4-7-13/h12H,3-8H2,1-2H3. The molecule has 1 aliphatic heterocycles. The highest BCUT2D eigenvalue weighted by Crippen LogP contribution is 2.12. The van der Waals surface area contributed by atoms with Crippen LogP contribution in [-0.2, 0) is 0 Å². The zero-order chi connectivity index (χ0) is 9.73. The molecule has 1 heterocycles. The predicted molar refractivity (Wildman–Crippen MR) is 53.4 cm³/mol. The number of nitrogens with one attached hydrogen (secondary N) is 1. The van der Waals surface area contributed by atoms with E-state index < -0.39 is 0 Å². The van der Waals surface area contributed by atoms with Crippen LogP contribution in [0, 0.1) is 11.3 Å². The first-order valence-corrected chi connectivity index (χ1v) is 5.03. The summed E-state index contributed by atoms with van der Waals surface area (Å²) >= 11 is 0. The van der Waals surface area contributed by atoms with Crippen molar-refractivity contribution in [2.45, 2.75) is 31.7 Å². The second kappa shape index (κ2) is 4.59. The Labute approximate surface area is 80.7 Å². The van der Waals surface area contributed by atoms with Crippen molar-refractivity contribution in [3.63, 3.8) is 0 Å². The number of rotatable bonds is 4. The number of nitriles is 1. The molecule has 3 heteroatoms. The van der Waals surface area contributed by atoms with Gasteiger partial charge < -0.3 is 10.2 Å². The average molecular weight is 181 g/mol. The third-order valence-electron chi connectivity index (χ3n) is 2.93. The Kier molecular flexibility index (Phi) is 3.71. The van der Waals surface area contributed by atoms with Gasteiger partial charge >= 0.3 is 0 Å². The molecular formula is C10H19N3. The van der Waals surface area contributed by atoms with Crippen LogP contribution < -0.4 is 5.32 Å². The van der Waals surface area contributed by atoms with Crippen molar-refractivity contribution in [3.8, 4) is 6.07 Å². The van der Waals surface area contributed by atoms with Gasteiger partial charge in [-0.2, -0.15) is 5.26 Å². The van der Waals surface area contributed by atoms with Crippen LogP contribution in [0.1, 0.15) is 26.2 Å². The molecule has 0 saturated carbocycles. The summed E-state index contributed by atoms with van der Waals surface area (Å²) in [5.41, 5.74) is -0.345. The van der Waals surface area contributed by atoms with E-state index in [1.165, 1.54) is 25.9 Å². The van der Waals surface area contributed by atoms with Gasteiger partial charge in [-0.05, 0) is 46.3 Å². The number of likely N-dealkylation sites (tertiary alicyclic amines) is 1. The minimum Gasteiger partial charge on any atom is -0.303 e. The summed E-state index contributed by atoms with van der Waals surface area (Å²) in [6.45, 7) is 5.43. The summed E-state index contributed by atoms with van der Waals surface area (Å²) in [5, 5.41) is 12.0. The first-order valence-electron chi connectivity index (χ1n) is 5.03. The van der Waals surface area contributed by atoms with E-state index in [-0.39, 0.29) is 5.54 Å². The molecule has 1 rings (SSSR count). The van der Waals surface area contributed by atoms with Gasteiger partial charge in [-0.25, -0.2) is 0 Å². The second-order valence-electron chi connectivity index (χ2n) is 3.99. The van der Waals surface area contributed by atoms with Crippen LogP contribution in [0.25, 0.3) is 0 Å². The summed E-state index contributed by atoms with van der Waals surface area (Å²) in [6.07, 6.45) is 3.56. The van der Waals surface area contributed by atoms with E-state index in [9.17, 15) is 0 Å². The van der Waals surface area contributed by atoms with Crippen LogP contribution >= 0.6 is 0 Å². The monoisotopic (exact) mass is 181 g/mol. The summed E-state index contributed by atoms with van der Waals surface area (Å²) < 4.78 is 0. The Morgan fingerprint density at radius 2 is 2.08 bits per heavy atom. The van der Waals surface area contributed by atoms with Crippen molar-refractivity contribution in [1.82, 2.24) is 10.2 Å². The van der Waals surface area contributed by atoms with Crippen molar-refractivity contribution in [3.05, 3.63) is 0 Å². The molecule has 1 aliphatic rings. The van der Waals surface area contributed by atoms with Gasteiger partial charge in [-0.1, -0.05) is 0 Å². The molecule has 0 radical (unpaired) electrons. The van der Waals surface area contributed by atoms with E-state index in [4.69, 9.17) is 5.26 Å². The molecule has 13 heavy (non-hydrogen) atoms. The Morgan fingerprint density at radius 3 is 2.54 bits per heavy atom. The molecule has 0 bridgehead atoms. The second-order valence-corrected chi connectivity index (χ2v) is 3.99. The van der Waals surface area contributed by atoms with E-state index in [0.29, 0.717) is 0 Å². The highest BCUT2D eigenvalue weighted by atomic mass is 15.1. The fourth-order valence-corrected chi connectivity index (χ4v) is 1.62. The highest BCUT2D eigenvalue weighted by Gasteiger charge is 2.22. The van der Waals surface area contributed by atoms with Crippen molar-refractivity contribution in [2.75, 3.05) is 26.7 Å². The molecule has 1 saturated heterocycles. The van der Waals surface area contributed by atoms with Gasteiger partial charge in [0.05, 0.1) is 6.07 Å². The first kappa shape index (κ1) is 10.5. The van der Waals surface area contributed by atoms with Gasteiger partial charge in [0.25, 0.3) is 0 Å². The maximum atomic E-state index is 8.93. The van der Waals surface area contributed by atoms with E-state index in [1.807, 2.05) is 14.0 Å². The topological polar surface area (TPSA) is 39.1 Å². The molecule has 0 aliphatic carbocycles. The van der Waals surface area contributed by atoms with Crippen LogP contribution in [0.4, 0.5) is 0 Å². The lowest BCUT2D eigenvalue weighted by Crippen LogP contribution is -2.41. The number of nitrogens with zero attached hydrogens (tertiary/aromatic N) is 2. The third kappa shape index (κ3) is 2.98. The van der Waals surface area contributed by atoms with Gasteiger partial charge in [0.15, 0.2) is 0 Å². The van der Waals surface area contributed by atoms with Crippen molar-refractivity contribution >= 4 is 0 Å². The third-order valence-corrected chi connectivity index (χ3v) is 2.93. The van der Waals surface area contributed by atoms with Gasteiger partial charge in [0.2, 0.25) is 0 Å². The molecule has 0 aromatic carbocycles. The van der Waals surface area contributed by atoms with Crippen LogP contribution in [0.15, 0.2) is 0 Å².